The van der Waals surface area contributed by atoms with Gasteiger partial charge in [-0.1, -0.05) is 23.5 Å². The largest absolute Gasteiger partial charge is 0.465 e. The number of Topliss-reactive ketones (excluding diaryl/α,β-unsaturated/α-hetero) is 1. The van der Waals surface area contributed by atoms with Gasteiger partial charge in [-0.2, -0.15) is 0 Å². The van der Waals surface area contributed by atoms with Crippen molar-refractivity contribution in [3.05, 3.63) is 60.0 Å². The number of amides is 1. The minimum absolute atomic E-state index is 0.0565. The van der Waals surface area contributed by atoms with Crippen LogP contribution in [0.15, 0.2) is 48.8 Å². The summed E-state index contributed by atoms with van der Waals surface area (Å²) in [6, 6.07) is 10.1. The Balaban J connectivity index is 1.48. The molecule has 1 N–H and O–H groups in total. The number of ether oxygens (including phenoxy) is 1. The fourth-order valence-electron chi connectivity index (χ4n) is 3.24. The predicted octanol–water partition coefficient (Wildman–Crippen LogP) is 3.55. The summed E-state index contributed by atoms with van der Waals surface area (Å²) in [5.74, 6) is -0.521. The number of ketones is 1. The van der Waals surface area contributed by atoms with Crippen LogP contribution in [0.2, 0.25) is 0 Å². The quantitative estimate of drug-likeness (QED) is 0.682. The number of benzene rings is 1. The van der Waals surface area contributed by atoms with Gasteiger partial charge < -0.3 is 14.6 Å². The van der Waals surface area contributed by atoms with Gasteiger partial charge >= 0.3 is 5.97 Å². The third-order valence-electron chi connectivity index (χ3n) is 4.67. The lowest BCUT2D eigenvalue weighted by Crippen LogP contribution is -2.31. The molecule has 0 saturated heterocycles. The molecule has 0 fully saturated rings. The van der Waals surface area contributed by atoms with E-state index < -0.39 is 6.04 Å². The summed E-state index contributed by atoms with van der Waals surface area (Å²) in [5.41, 5.74) is 1.93. The van der Waals surface area contributed by atoms with Gasteiger partial charge in [-0.15, -0.1) is 0 Å². The lowest BCUT2D eigenvalue weighted by molar-refractivity contribution is -0.119. The normalized spacial score (nSPS) is 15.8. The average Bonchev–Trinajstić information content (AvgIpc) is 3.38. The number of esters is 1. The van der Waals surface area contributed by atoms with Gasteiger partial charge in [0.2, 0.25) is 5.91 Å². The summed E-state index contributed by atoms with van der Waals surface area (Å²) in [7, 11) is 1.34. The van der Waals surface area contributed by atoms with E-state index in [-0.39, 0.29) is 17.7 Å². The van der Waals surface area contributed by atoms with Crippen LogP contribution in [-0.2, 0) is 9.53 Å². The van der Waals surface area contributed by atoms with Crippen molar-refractivity contribution in [3.8, 4) is 10.4 Å². The number of nitrogens with zero attached hydrogens (tertiary/aromatic N) is 2. The van der Waals surface area contributed by atoms with Crippen LogP contribution in [0.5, 0.6) is 0 Å². The molecule has 0 saturated carbocycles. The number of aromatic nitrogens is 2. The molecule has 1 aliphatic rings. The van der Waals surface area contributed by atoms with Crippen molar-refractivity contribution >= 4 is 34.1 Å². The molecule has 3 aromatic rings. The van der Waals surface area contributed by atoms with E-state index in [1.807, 2.05) is 12.1 Å². The number of hydrogen-bond acceptors (Lipinski definition) is 6. The highest BCUT2D eigenvalue weighted by molar-refractivity contribution is 7.19. The molecule has 7 nitrogen and oxygen atoms in total. The first-order valence-corrected chi connectivity index (χ1v) is 9.54. The number of thiazole rings is 1. The molecule has 1 atom stereocenters. The van der Waals surface area contributed by atoms with E-state index in [1.54, 1.807) is 41.2 Å². The van der Waals surface area contributed by atoms with Crippen molar-refractivity contribution in [2.24, 2.45) is 0 Å². The standard InChI is InChI=1S/C20H17N3O4S/c1-27-19(26)13-6-4-12(5-7-13)17-11-21-20(28-17)22-18(25)15-8-9-16(24)14-3-2-10-23(14)15/h2-7,10-11,15H,8-9H2,1H3,(H,21,22,25). The maximum Gasteiger partial charge on any atom is 0.337 e. The number of carbonyl (C=O) groups excluding carboxylic acids is 3. The van der Waals surface area contributed by atoms with E-state index in [0.29, 0.717) is 29.2 Å². The number of hydrogen-bond donors (Lipinski definition) is 1. The van der Waals surface area contributed by atoms with Crippen LogP contribution in [0, 0.1) is 0 Å². The number of fused-ring (bicyclic) bond motifs is 1. The van der Waals surface area contributed by atoms with Gasteiger partial charge in [0.25, 0.3) is 0 Å². The zero-order chi connectivity index (χ0) is 19.7. The van der Waals surface area contributed by atoms with Crippen molar-refractivity contribution in [1.82, 2.24) is 9.55 Å². The number of carbonyl (C=O) groups is 3. The Labute approximate surface area is 165 Å². The van der Waals surface area contributed by atoms with Gasteiger partial charge in [-0.05, 0) is 36.2 Å². The molecule has 3 heterocycles. The van der Waals surface area contributed by atoms with E-state index in [9.17, 15) is 14.4 Å². The van der Waals surface area contributed by atoms with E-state index in [1.165, 1.54) is 18.4 Å². The summed E-state index contributed by atoms with van der Waals surface area (Å²) in [6.07, 6.45) is 4.27. The molecule has 1 aliphatic heterocycles. The smallest absolute Gasteiger partial charge is 0.337 e. The maximum absolute atomic E-state index is 12.7. The topological polar surface area (TPSA) is 90.3 Å². The molecule has 0 bridgehead atoms. The Hall–Kier alpha value is -3.26. The van der Waals surface area contributed by atoms with Crippen molar-refractivity contribution in [1.29, 1.82) is 0 Å². The molecule has 2 aromatic heterocycles. The summed E-state index contributed by atoms with van der Waals surface area (Å²) in [5, 5.41) is 3.34. The monoisotopic (exact) mass is 395 g/mol. The number of methoxy groups -OCH3 is 1. The van der Waals surface area contributed by atoms with Crippen LogP contribution >= 0.6 is 11.3 Å². The van der Waals surface area contributed by atoms with E-state index in [0.717, 1.165) is 10.4 Å². The van der Waals surface area contributed by atoms with Gasteiger partial charge in [0, 0.05) is 18.8 Å². The molecule has 8 heteroatoms. The summed E-state index contributed by atoms with van der Waals surface area (Å²) in [4.78, 5) is 41.3. The Kier molecular flexibility index (Phi) is 4.79. The Morgan fingerprint density at radius 2 is 2.04 bits per heavy atom. The van der Waals surface area contributed by atoms with Crippen molar-refractivity contribution < 1.29 is 19.1 Å². The first-order chi connectivity index (χ1) is 13.6. The van der Waals surface area contributed by atoms with E-state index in [2.05, 4.69) is 10.3 Å². The van der Waals surface area contributed by atoms with Crippen LogP contribution in [-0.4, -0.2) is 34.3 Å². The van der Waals surface area contributed by atoms with Gasteiger partial charge in [0.1, 0.15) is 6.04 Å². The minimum Gasteiger partial charge on any atom is -0.465 e. The molecular formula is C20H17N3O4S. The second-order valence-corrected chi connectivity index (χ2v) is 7.40. The van der Waals surface area contributed by atoms with Crippen LogP contribution in [0.4, 0.5) is 5.13 Å². The summed E-state index contributed by atoms with van der Waals surface area (Å²) in [6.45, 7) is 0. The first kappa shape index (κ1) is 18.1. The Morgan fingerprint density at radius 1 is 1.25 bits per heavy atom. The van der Waals surface area contributed by atoms with Crippen LogP contribution in [0.25, 0.3) is 10.4 Å². The highest BCUT2D eigenvalue weighted by Crippen LogP contribution is 2.31. The fraction of sp³-hybridized carbons (Fsp3) is 0.200. The molecule has 142 valence electrons. The minimum atomic E-state index is -0.422. The van der Waals surface area contributed by atoms with Crippen LogP contribution in [0.3, 0.4) is 0 Å². The van der Waals surface area contributed by atoms with Gasteiger partial charge in [0.15, 0.2) is 10.9 Å². The number of nitrogens with one attached hydrogen (secondary N) is 1. The SMILES string of the molecule is COC(=O)c1ccc(-c2cnc(NC(=O)C3CCC(=O)c4cccn43)s2)cc1. The third-order valence-corrected chi connectivity index (χ3v) is 5.64. The van der Waals surface area contributed by atoms with Crippen molar-refractivity contribution in [2.45, 2.75) is 18.9 Å². The fourth-order valence-corrected chi connectivity index (χ4v) is 4.06. The number of rotatable bonds is 4. The van der Waals surface area contributed by atoms with Crippen LogP contribution in [0.1, 0.15) is 39.7 Å². The van der Waals surface area contributed by atoms with Gasteiger partial charge in [-0.25, -0.2) is 9.78 Å². The molecular weight excluding hydrogens is 378 g/mol. The van der Waals surface area contributed by atoms with Gasteiger partial charge in [0.05, 0.1) is 23.2 Å². The van der Waals surface area contributed by atoms with E-state index in [4.69, 9.17) is 4.74 Å². The number of anilines is 1. The second-order valence-electron chi connectivity index (χ2n) is 6.37. The second kappa shape index (κ2) is 7.40. The molecule has 1 aromatic carbocycles. The highest BCUT2D eigenvalue weighted by Gasteiger charge is 2.29. The average molecular weight is 395 g/mol. The molecule has 1 amide bonds. The first-order valence-electron chi connectivity index (χ1n) is 8.72. The lowest BCUT2D eigenvalue weighted by Gasteiger charge is -2.24. The molecule has 0 spiro atoms. The predicted molar refractivity (Wildman–Crippen MR) is 105 cm³/mol. The Morgan fingerprint density at radius 3 is 2.79 bits per heavy atom. The molecule has 28 heavy (non-hydrogen) atoms. The van der Waals surface area contributed by atoms with E-state index >= 15 is 0 Å². The van der Waals surface area contributed by atoms with Crippen molar-refractivity contribution in [2.75, 3.05) is 12.4 Å². The zero-order valence-corrected chi connectivity index (χ0v) is 15.9. The lowest BCUT2D eigenvalue weighted by atomic mass is 10.0. The summed E-state index contributed by atoms with van der Waals surface area (Å²) >= 11 is 1.35. The zero-order valence-electron chi connectivity index (χ0n) is 15.0. The highest BCUT2D eigenvalue weighted by atomic mass is 32.1. The summed E-state index contributed by atoms with van der Waals surface area (Å²) < 4.78 is 6.42. The molecule has 4 rings (SSSR count). The third kappa shape index (κ3) is 3.34. The Bertz CT molecular complexity index is 1050. The molecule has 0 aliphatic carbocycles. The molecule has 1 unspecified atom stereocenters. The molecule has 0 radical (unpaired) electrons. The van der Waals surface area contributed by atoms with Crippen LogP contribution < -0.4 is 5.32 Å². The van der Waals surface area contributed by atoms with Crippen molar-refractivity contribution in [3.63, 3.8) is 0 Å². The van der Waals surface area contributed by atoms with Gasteiger partial charge in [-0.3, -0.25) is 9.59 Å². The maximum atomic E-state index is 12.7.